The number of carboxylic acid groups (broad SMARTS) is 1. The van der Waals surface area contributed by atoms with Crippen LogP contribution in [-0.2, 0) is 47.7 Å². The molecule has 4 aromatic carbocycles. The largest absolute Gasteiger partial charge is 0.478 e. The van der Waals surface area contributed by atoms with Gasteiger partial charge in [0.1, 0.15) is 18.3 Å². The van der Waals surface area contributed by atoms with Crippen LogP contribution in [0.3, 0.4) is 0 Å². The van der Waals surface area contributed by atoms with Crippen molar-refractivity contribution in [2.24, 2.45) is 53.3 Å². The summed E-state index contributed by atoms with van der Waals surface area (Å²) >= 11 is 0. The van der Waals surface area contributed by atoms with Gasteiger partial charge in [-0.1, -0.05) is 171 Å². The predicted molar refractivity (Wildman–Crippen MR) is 367 cm³/mol. The van der Waals surface area contributed by atoms with E-state index in [4.69, 9.17) is 28.8 Å². The molecule has 0 spiro atoms. The average Bonchev–Trinajstić information content (AvgIpc) is 1.55. The van der Waals surface area contributed by atoms with Crippen molar-refractivity contribution in [1.82, 2.24) is 4.57 Å². The first-order valence-corrected chi connectivity index (χ1v) is 33.4. The van der Waals surface area contributed by atoms with E-state index >= 15 is 0 Å². The van der Waals surface area contributed by atoms with Crippen LogP contribution in [0.25, 0.3) is 44.9 Å². The van der Waals surface area contributed by atoms with E-state index in [9.17, 15) is 24.0 Å². The van der Waals surface area contributed by atoms with Crippen molar-refractivity contribution in [2.75, 3.05) is 6.61 Å². The fourth-order valence-corrected chi connectivity index (χ4v) is 15.1. The van der Waals surface area contributed by atoms with Gasteiger partial charge in [-0.3, -0.25) is 0 Å². The molecule has 5 aromatic rings. The molecule has 1 aliphatic heterocycles. The summed E-state index contributed by atoms with van der Waals surface area (Å²) in [6.07, 6.45) is 27.1. The van der Waals surface area contributed by atoms with Gasteiger partial charge in [0.15, 0.2) is 0 Å². The van der Waals surface area contributed by atoms with Crippen LogP contribution < -0.4 is 0 Å². The zero-order valence-corrected chi connectivity index (χ0v) is 55.1. The fourth-order valence-electron chi connectivity index (χ4n) is 15.1. The average molecular weight is 1240 g/mol. The van der Waals surface area contributed by atoms with Gasteiger partial charge < -0.3 is 33.4 Å². The number of epoxide rings is 1. The molecule has 12 heteroatoms. The number of hydrogen-bond acceptors (Lipinski definition) is 10. The third-order valence-electron chi connectivity index (χ3n) is 19.8. The first kappa shape index (κ1) is 70.9. The SMILES string of the molecule is C=C(C)C(=O)O.C=C(C)C(=O)OC1CC2CC1C1CCCC21.C=C(C)C(=O)OC1CCCCC1.C=C(C)C(=O)OCC(CC)CCCC.C=CC(=O)OC1CC2CC1C1C2CC2OC21.C=Cc1ccc2ccccc2c1.C=Cn1c2ccccc2c2ccccc21. The van der Waals surface area contributed by atoms with Gasteiger partial charge in [0.05, 0.1) is 29.8 Å². The highest BCUT2D eigenvalue weighted by atomic mass is 16.6. The summed E-state index contributed by atoms with van der Waals surface area (Å²) in [5, 5.41) is 13.0. The molecular weight excluding hydrogens is 1140 g/mol. The second-order valence-electron chi connectivity index (χ2n) is 26.3. The molecule has 488 valence electrons. The Morgan fingerprint density at radius 1 is 0.604 bits per heavy atom. The van der Waals surface area contributed by atoms with Gasteiger partial charge in [-0.2, -0.15) is 0 Å². The zero-order chi connectivity index (χ0) is 65.9. The number of benzene rings is 4. The topological polar surface area (TPSA) is 160 Å². The Labute approximate surface area is 541 Å². The van der Waals surface area contributed by atoms with Gasteiger partial charge in [-0.05, 0) is 187 Å². The number of ether oxygens (including phenoxy) is 5. The molecule has 13 rings (SSSR count). The van der Waals surface area contributed by atoms with E-state index in [1.807, 2.05) is 12.3 Å². The first-order chi connectivity index (χ1) is 43.7. The number of hydrogen-bond donors (Lipinski definition) is 1. The van der Waals surface area contributed by atoms with Crippen molar-refractivity contribution in [3.8, 4) is 0 Å². The molecule has 0 radical (unpaired) electrons. The highest BCUT2D eigenvalue weighted by molar-refractivity contribution is 6.09. The molecule has 12 nitrogen and oxygen atoms in total. The van der Waals surface area contributed by atoms with Crippen molar-refractivity contribution in [3.05, 3.63) is 171 Å². The molecule has 8 aliphatic rings. The number of aromatic nitrogens is 1. The fraction of sp³-hybridized carbons (Fsp3) is 0.481. The smallest absolute Gasteiger partial charge is 0.333 e. The molecule has 4 bridgehead atoms. The quantitative estimate of drug-likeness (QED) is 0.0433. The molecule has 13 unspecified atom stereocenters. The maximum Gasteiger partial charge on any atom is 0.333 e. The number of rotatable bonds is 16. The number of esters is 4. The molecule has 7 aliphatic carbocycles. The summed E-state index contributed by atoms with van der Waals surface area (Å²) < 4.78 is 29.1. The lowest BCUT2D eigenvalue weighted by Crippen LogP contribution is -2.34. The number of aliphatic carboxylic acids is 1. The summed E-state index contributed by atoms with van der Waals surface area (Å²) in [5.74, 6) is 4.87. The Kier molecular flexibility index (Phi) is 26.6. The Morgan fingerprint density at radius 3 is 1.74 bits per heavy atom. The normalized spacial score (nSPS) is 25.6. The van der Waals surface area contributed by atoms with Crippen LogP contribution in [0, 0.1) is 53.3 Å². The zero-order valence-electron chi connectivity index (χ0n) is 55.1. The van der Waals surface area contributed by atoms with Gasteiger partial charge in [-0.15, -0.1) is 0 Å². The number of carboxylic acids is 1. The van der Waals surface area contributed by atoms with Gasteiger partial charge in [0, 0.05) is 51.3 Å². The van der Waals surface area contributed by atoms with Gasteiger partial charge in [0.25, 0.3) is 0 Å². The van der Waals surface area contributed by atoms with Gasteiger partial charge in [-0.25, -0.2) is 24.0 Å². The Hall–Kier alpha value is -7.57. The third-order valence-corrected chi connectivity index (χ3v) is 19.8. The summed E-state index contributed by atoms with van der Waals surface area (Å²) in [5.41, 5.74) is 5.30. The third kappa shape index (κ3) is 19.0. The van der Waals surface area contributed by atoms with Crippen molar-refractivity contribution < 1.29 is 52.8 Å². The van der Waals surface area contributed by atoms with E-state index in [-0.39, 0.29) is 47.8 Å². The van der Waals surface area contributed by atoms with Crippen LogP contribution in [0.1, 0.15) is 156 Å². The molecule has 1 saturated heterocycles. The number of para-hydroxylation sites is 2. The maximum atomic E-state index is 11.5. The molecule has 7 saturated carbocycles. The molecular formula is C79H101NO11. The maximum absolute atomic E-state index is 11.5. The van der Waals surface area contributed by atoms with Crippen LogP contribution >= 0.6 is 0 Å². The summed E-state index contributed by atoms with van der Waals surface area (Å²) in [6.45, 7) is 36.3. The highest BCUT2D eigenvalue weighted by Crippen LogP contribution is 2.65. The Morgan fingerprint density at radius 2 is 1.16 bits per heavy atom. The van der Waals surface area contributed by atoms with E-state index in [0.29, 0.717) is 59.2 Å². The van der Waals surface area contributed by atoms with Crippen molar-refractivity contribution in [1.29, 1.82) is 0 Å². The molecule has 0 amide bonds. The van der Waals surface area contributed by atoms with Crippen molar-refractivity contribution >= 4 is 74.7 Å². The van der Waals surface area contributed by atoms with Gasteiger partial charge >= 0.3 is 29.8 Å². The minimum Gasteiger partial charge on any atom is -0.478 e. The molecule has 1 N–H and O–H groups in total. The number of nitrogens with zero attached hydrogens (tertiary/aromatic N) is 1. The molecule has 1 aromatic heterocycles. The van der Waals surface area contributed by atoms with Crippen LogP contribution in [0.15, 0.2) is 165 Å². The number of fused-ring (bicyclic) bond motifs is 16. The molecule has 8 fully saturated rings. The molecule has 91 heavy (non-hydrogen) atoms. The lowest BCUT2D eigenvalue weighted by atomic mass is 9.79. The van der Waals surface area contributed by atoms with E-state index in [0.717, 1.165) is 68.1 Å². The van der Waals surface area contributed by atoms with Gasteiger partial charge in [0.2, 0.25) is 0 Å². The second-order valence-corrected chi connectivity index (χ2v) is 26.3. The Balaban J connectivity index is 0.000000153. The predicted octanol–water partition coefficient (Wildman–Crippen LogP) is 18.2. The van der Waals surface area contributed by atoms with E-state index in [2.05, 4.69) is 155 Å². The summed E-state index contributed by atoms with van der Waals surface area (Å²) in [4.78, 5) is 54.6. The number of unbranched alkanes of at least 4 members (excludes halogenated alkanes) is 1. The monoisotopic (exact) mass is 1240 g/mol. The number of carbonyl (C=O) groups excluding carboxylic acids is 4. The minimum absolute atomic E-state index is 0.139. The minimum atomic E-state index is -0.935. The second kappa shape index (κ2) is 34.2. The van der Waals surface area contributed by atoms with Crippen molar-refractivity contribution in [2.45, 2.75) is 181 Å². The van der Waals surface area contributed by atoms with E-state index in [1.165, 1.54) is 122 Å². The molecule has 2 heterocycles. The Bertz CT molecular complexity index is 3330. The standard InChI is InChI=1S/C14H11N.C14H20O2.C13H16O3.C12H22O2.C12H10.C10H16O2.C4H6O2/c1-2-15-13-9-5-3-7-11(13)12-8-4-6-10-14(12)15;1-8(2)14(15)16-13-7-9-6-12(13)11-5-3-4-10(9)11;1-2-11(14)15-9-4-6-3-8(9)12-7(6)5-10-13(12)16-10;1-5-7-8-11(6-2)9-14-12(13)10(3)4;1-2-10-7-8-11-5-3-4-6-12(11)9-10;1-8(2)10(11)12-9-6-4-3-5-7-9;1-3(2)4(5)6/h2-10H,1H2;9-13H,1,3-7H2,2H3;2,6-10,12-13H,1,3-5H2;11H,3,5-9H2,1-2,4H3;2-9H,1H2;9H,1,3-7H2,2H3;1H2,2H3,(H,5,6). The van der Waals surface area contributed by atoms with Crippen LogP contribution in [0.5, 0.6) is 0 Å². The first-order valence-electron chi connectivity index (χ1n) is 33.4. The lowest BCUT2D eigenvalue weighted by molar-refractivity contribution is -0.148. The summed E-state index contributed by atoms with van der Waals surface area (Å²) in [7, 11) is 0. The van der Waals surface area contributed by atoms with Crippen LogP contribution in [0.2, 0.25) is 0 Å². The van der Waals surface area contributed by atoms with Crippen LogP contribution in [-0.4, -0.2) is 76.6 Å². The lowest BCUT2D eigenvalue weighted by Gasteiger charge is -2.31. The van der Waals surface area contributed by atoms with Crippen molar-refractivity contribution in [3.63, 3.8) is 0 Å². The van der Waals surface area contributed by atoms with Crippen LogP contribution in [0.4, 0.5) is 0 Å². The summed E-state index contributed by atoms with van der Waals surface area (Å²) in [6, 6.07) is 31.5. The van der Waals surface area contributed by atoms with E-state index in [1.54, 1.807) is 20.8 Å². The molecule has 13 atom stereocenters. The van der Waals surface area contributed by atoms with E-state index < -0.39 is 5.97 Å². The number of carbonyl (C=O) groups is 5. The highest BCUT2D eigenvalue weighted by Gasteiger charge is 2.67.